The van der Waals surface area contributed by atoms with Crippen LogP contribution in [0.5, 0.6) is 0 Å². The summed E-state index contributed by atoms with van der Waals surface area (Å²) in [6.45, 7) is -2.91. The molecular formula is C11H12ClN3O4. The Balaban J connectivity index is 2.53. The van der Waals surface area contributed by atoms with Crippen LogP contribution in [-0.2, 0) is 4.74 Å². The SMILES string of the molecule is [2H]C([2H])(O)[C@H]1O[C@@H](n2ccc(N)nc2=O)C(Cl)(C#C)[C@H]1O. The smallest absolute Gasteiger partial charge is 0.351 e. The van der Waals surface area contributed by atoms with E-state index in [1.807, 2.05) is 0 Å². The van der Waals surface area contributed by atoms with Crippen LogP contribution in [0.1, 0.15) is 8.97 Å². The van der Waals surface area contributed by atoms with E-state index in [2.05, 4.69) is 10.9 Å². The Kier molecular flexibility index (Phi) is 2.86. The molecule has 0 radical (unpaired) electrons. The van der Waals surface area contributed by atoms with Crippen molar-refractivity contribution in [1.82, 2.24) is 9.55 Å². The van der Waals surface area contributed by atoms with Gasteiger partial charge in [-0.25, -0.2) is 4.79 Å². The fraction of sp³-hybridized carbons (Fsp3) is 0.455. The molecule has 0 aromatic carbocycles. The Hall–Kier alpha value is -1.59. The Bertz CT molecular complexity index is 656. The minimum Gasteiger partial charge on any atom is -0.394 e. The third kappa shape index (κ3) is 2.09. The fourth-order valence-corrected chi connectivity index (χ4v) is 2.08. The summed E-state index contributed by atoms with van der Waals surface area (Å²) in [7, 11) is 0. The predicted octanol–water partition coefficient (Wildman–Crippen LogP) is -1.31. The molecule has 0 spiro atoms. The highest BCUT2D eigenvalue weighted by Gasteiger charge is 2.55. The molecule has 1 aliphatic heterocycles. The van der Waals surface area contributed by atoms with Gasteiger partial charge in [0, 0.05) is 6.20 Å². The lowest BCUT2D eigenvalue weighted by Gasteiger charge is -2.25. The summed E-state index contributed by atoms with van der Waals surface area (Å²) >= 11 is 6.11. The first-order chi connectivity index (χ1) is 9.61. The average molecular weight is 288 g/mol. The number of ether oxygens (including phenoxy) is 1. The number of halogens is 1. The molecule has 1 aromatic rings. The molecule has 2 rings (SSSR count). The van der Waals surface area contributed by atoms with Crippen molar-refractivity contribution < 1.29 is 17.7 Å². The summed E-state index contributed by atoms with van der Waals surface area (Å²) in [5.74, 6) is 2.04. The second-order valence-electron chi connectivity index (χ2n) is 3.94. The van der Waals surface area contributed by atoms with Crippen molar-refractivity contribution in [3.63, 3.8) is 0 Å². The van der Waals surface area contributed by atoms with Gasteiger partial charge in [-0.2, -0.15) is 4.98 Å². The number of aliphatic hydroxyl groups excluding tert-OH is 1. The highest BCUT2D eigenvalue weighted by atomic mass is 35.5. The maximum absolute atomic E-state index is 11.8. The second-order valence-corrected chi connectivity index (χ2v) is 4.56. The number of anilines is 1. The topological polar surface area (TPSA) is 111 Å². The Morgan fingerprint density at radius 1 is 1.84 bits per heavy atom. The van der Waals surface area contributed by atoms with Crippen molar-refractivity contribution >= 4 is 17.4 Å². The number of nitrogen functional groups attached to an aromatic ring is 1. The monoisotopic (exact) mass is 287 g/mol. The first kappa shape index (κ1) is 11.3. The van der Waals surface area contributed by atoms with Crippen LogP contribution in [0, 0.1) is 12.3 Å². The third-order valence-electron chi connectivity index (χ3n) is 2.80. The van der Waals surface area contributed by atoms with Gasteiger partial charge in [-0.05, 0) is 6.07 Å². The standard InChI is InChI=1S/C11H12ClN3O4/c1-2-11(12)8(17)6(5-16)19-9(11)15-4-3-7(13)14-10(15)18/h1,3-4,6,8-9,16-17H,5H2,(H2,13,14,18)/t6-,8+,9-,11?/m1/s1/i5D2. The molecule has 1 saturated heterocycles. The molecule has 2 heterocycles. The second kappa shape index (κ2) is 4.83. The van der Waals surface area contributed by atoms with Gasteiger partial charge in [-0.15, -0.1) is 6.42 Å². The van der Waals surface area contributed by atoms with Gasteiger partial charge in [0.25, 0.3) is 0 Å². The van der Waals surface area contributed by atoms with Crippen LogP contribution in [-0.4, -0.2) is 43.4 Å². The van der Waals surface area contributed by atoms with Gasteiger partial charge in [0.2, 0.25) is 0 Å². The predicted molar refractivity (Wildman–Crippen MR) is 67.3 cm³/mol. The van der Waals surface area contributed by atoms with Crippen LogP contribution in [0.4, 0.5) is 5.82 Å². The lowest BCUT2D eigenvalue weighted by molar-refractivity contribution is -0.0464. The average Bonchev–Trinajstić information content (AvgIpc) is 2.63. The molecule has 7 nitrogen and oxygen atoms in total. The largest absolute Gasteiger partial charge is 0.394 e. The highest BCUT2D eigenvalue weighted by Crippen LogP contribution is 2.42. The van der Waals surface area contributed by atoms with Crippen molar-refractivity contribution in [1.29, 1.82) is 0 Å². The number of hydrogen-bond acceptors (Lipinski definition) is 6. The van der Waals surface area contributed by atoms with Crippen LogP contribution in [0.25, 0.3) is 0 Å². The number of hydrogen-bond donors (Lipinski definition) is 3. The zero-order chi connectivity index (χ0) is 16.0. The molecular weight excluding hydrogens is 274 g/mol. The molecule has 102 valence electrons. The van der Waals surface area contributed by atoms with Gasteiger partial charge in [0.1, 0.15) is 18.0 Å². The van der Waals surface area contributed by atoms with E-state index in [4.69, 9.17) is 31.2 Å². The van der Waals surface area contributed by atoms with E-state index in [1.54, 1.807) is 0 Å². The van der Waals surface area contributed by atoms with Crippen molar-refractivity contribution in [3.8, 4) is 12.3 Å². The molecule has 0 aliphatic carbocycles. The lowest BCUT2D eigenvalue weighted by atomic mass is 9.99. The summed E-state index contributed by atoms with van der Waals surface area (Å²) in [6.07, 6.45) is 1.57. The highest BCUT2D eigenvalue weighted by molar-refractivity contribution is 6.27. The number of alkyl halides is 1. The van der Waals surface area contributed by atoms with Crippen molar-refractivity contribution in [2.24, 2.45) is 0 Å². The third-order valence-corrected chi connectivity index (χ3v) is 3.32. The molecule has 1 fully saturated rings. The van der Waals surface area contributed by atoms with Crippen LogP contribution in [0.15, 0.2) is 17.1 Å². The molecule has 0 amide bonds. The quantitative estimate of drug-likeness (QED) is 0.460. The van der Waals surface area contributed by atoms with Crippen molar-refractivity contribution in [2.75, 3.05) is 12.3 Å². The molecule has 8 heteroatoms. The van der Waals surface area contributed by atoms with Gasteiger partial charge in [0.15, 0.2) is 11.1 Å². The molecule has 1 aromatic heterocycles. The zero-order valence-electron chi connectivity index (χ0n) is 11.5. The fourth-order valence-electron chi connectivity index (χ4n) is 1.81. The number of terminal acetylenes is 1. The molecule has 4 atom stereocenters. The maximum atomic E-state index is 11.8. The van der Waals surface area contributed by atoms with E-state index in [-0.39, 0.29) is 5.82 Å². The molecule has 4 N–H and O–H groups in total. The van der Waals surface area contributed by atoms with Gasteiger partial charge >= 0.3 is 5.69 Å². The van der Waals surface area contributed by atoms with E-state index in [1.165, 1.54) is 12.3 Å². The molecule has 0 saturated carbocycles. The summed E-state index contributed by atoms with van der Waals surface area (Å²) in [5.41, 5.74) is 4.52. The van der Waals surface area contributed by atoms with Gasteiger partial charge in [-0.1, -0.05) is 17.5 Å². The number of nitrogens with two attached hydrogens (primary N) is 1. The summed E-state index contributed by atoms with van der Waals surface area (Å²) in [6, 6.07) is 1.28. The van der Waals surface area contributed by atoms with Gasteiger partial charge in [0.05, 0.1) is 9.30 Å². The minimum atomic E-state index is -2.91. The first-order valence-electron chi connectivity index (χ1n) is 6.18. The molecule has 1 aliphatic rings. The molecule has 0 bridgehead atoms. The van der Waals surface area contributed by atoms with E-state index in [0.29, 0.717) is 0 Å². The van der Waals surface area contributed by atoms with Gasteiger partial charge in [-0.3, -0.25) is 4.57 Å². The number of rotatable bonds is 2. The minimum absolute atomic E-state index is 0.0373. The molecule has 1 unspecified atom stereocenters. The number of aliphatic hydroxyl groups is 2. The summed E-state index contributed by atoms with van der Waals surface area (Å²) in [5, 5.41) is 19.5. The van der Waals surface area contributed by atoms with Crippen LogP contribution < -0.4 is 11.4 Å². The normalized spacial score (nSPS) is 36.4. The zero-order valence-corrected chi connectivity index (χ0v) is 10.3. The van der Waals surface area contributed by atoms with Crippen LogP contribution >= 0.6 is 11.6 Å². The lowest BCUT2D eigenvalue weighted by Crippen LogP contribution is -2.43. The van der Waals surface area contributed by atoms with E-state index < -0.39 is 35.6 Å². The Morgan fingerprint density at radius 2 is 2.53 bits per heavy atom. The number of aromatic nitrogens is 2. The van der Waals surface area contributed by atoms with E-state index in [0.717, 1.165) is 4.57 Å². The molecule has 19 heavy (non-hydrogen) atoms. The number of nitrogens with zero attached hydrogens (tertiary/aromatic N) is 2. The van der Waals surface area contributed by atoms with Crippen LogP contribution in [0.3, 0.4) is 0 Å². The Morgan fingerprint density at radius 3 is 3.05 bits per heavy atom. The maximum Gasteiger partial charge on any atom is 0.351 e. The van der Waals surface area contributed by atoms with E-state index in [9.17, 15) is 15.0 Å². The van der Waals surface area contributed by atoms with Gasteiger partial charge < -0.3 is 20.7 Å². The van der Waals surface area contributed by atoms with Crippen molar-refractivity contribution in [3.05, 3.63) is 22.7 Å². The summed E-state index contributed by atoms with van der Waals surface area (Å²) < 4.78 is 20.5. The summed E-state index contributed by atoms with van der Waals surface area (Å²) in [4.78, 5) is 13.3. The van der Waals surface area contributed by atoms with Crippen molar-refractivity contribution in [2.45, 2.75) is 23.3 Å². The van der Waals surface area contributed by atoms with Crippen LogP contribution in [0.2, 0.25) is 0 Å². The Labute approximate surface area is 116 Å². The van der Waals surface area contributed by atoms with E-state index >= 15 is 0 Å². The first-order valence-corrected chi connectivity index (χ1v) is 5.56.